The van der Waals surface area contributed by atoms with Gasteiger partial charge in [0, 0.05) is 17.5 Å². The zero-order valence-corrected chi connectivity index (χ0v) is 10.8. The Bertz CT molecular complexity index is 578. The van der Waals surface area contributed by atoms with Crippen LogP contribution in [0.5, 0.6) is 0 Å². The maximum atomic E-state index is 11.4. The molecule has 0 aliphatic heterocycles. The van der Waals surface area contributed by atoms with Crippen molar-refractivity contribution in [2.75, 3.05) is 11.6 Å². The highest BCUT2D eigenvalue weighted by Gasteiger charge is 2.15. The first kappa shape index (κ1) is 13.3. The molecule has 0 atom stereocenters. The van der Waals surface area contributed by atoms with Crippen LogP contribution in [0.2, 0.25) is 0 Å². The zero-order valence-electron chi connectivity index (χ0n) is 9.98. The minimum atomic E-state index is -3.45. The summed E-state index contributed by atoms with van der Waals surface area (Å²) in [5.74, 6) is 0.668. The van der Waals surface area contributed by atoms with E-state index in [-0.39, 0.29) is 5.16 Å². The molecule has 0 radical (unpaired) electrons. The summed E-state index contributed by atoms with van der Waals surface area (Å²) in [6, 6.07) is 0. The molecule has 17 heavy (non-hydrogen) atoms. The molecule has 7 heteroatoms. The fourth-order valence-electron chi connectivity index (χ4n) is 1.07. The third kappa shape index (κ3) is 3.10. The van der Waals surface area contributed by atoms with Crippen molar-refractivity contribution in [2.45, 2.75) is 19.0 Å². The SMILES string of the molecule is C=NC(=C)Nc1nc(S(C)(=O)=O)nc(C)c1C. The summed E-state index contributed by atoms with van der Waals surface area (Å²) < 4.78 is 22.8. The molecule has 0 amide bonds. The van der Waals surface area contributed by atoms with Gasteiger partial charge in [-0.1, -0.05) is 6.58 Å². The summed E-state index contributed by atoms with van der Waals surface area (Å²) in [5.41, 5.74) is 1.32. The number of sulfone groups is 1. The Hall–Kier alpha value is -1.76. The first-order valence-electron chi connectivity index (χ1n) is 4.73. The average molecular weight is 254 g/mol. The van der Waals surface area contributed by atoms with Crippen LogP contribution in [0.25, 0.3) is 0 Å². The van der Waals surface area contributed by atoms with Gasteiger partial charge in [0.25, 0.3) is 0 Å². The second-order valence-corrected chi connectivity index (χ2v) is 5.48. The highest BCUT2D eigenvalue weighted by molar-refractivity contribution is 7.90. The fourth-order valence-corrected chi connectivity index (χ4v) is 1.63. The molecule has 0 bridgehead atoms. The van der Waals surface area contributed by atoms with E-state index >= 15 is 0 Å². The van der Waals surface area contributed by atoms with Crippen LogP contribution in [0, 0.1) is 13.8 Å². The number of nitrogens with zero attached hydrogens (tertiary/aromatic N) is 3. The van der Waals surface area contributed by atoms with Gasteiger partial charge in [-0.15, -0.1) is 0 Å². The Morgan fingerprint density at radius 3 is 2.41 bits per heavy atom. The van der Waals surface area contributed by atoms with Gasteiger partial charge in [-0.2, -0.15) is 0 Å². The highest BCUT2D eigenvalue weighted by Crippen LogP contribution is 2.18. The van der Waals surface area contributed by atoms with E-state index in [1.807, 2.05) is 0 Å². The number of aryl methyl sites for hydroxylation is 1. The molecular weight excluding hydrogens is 240 g/mol. The smallest absolute Gasteiger partial charge is 0.248 e. The van der Waals surface area contributed by atoms with Crippen molar-refractivity contribution in [3.63, 3.8) is 0 Å². The molecule has 0 unspecified atom stereocenters. The second kappa shape index (κ2) is 4.62. The molecule has 6 nitrogen and oxygen atoms in total. The van der Waals surface area contributed by atoms with Crippen molar-refractivity contribution < 1.29 is 8.42 Å². The molecule has 0 spiro atoms. The normalized spacial score (nSPS) is 11.0. The molecule has 1 aromatic rings. The molecule has 1 N–H and O–H groups in total. The van der Waals surface area contributed by atoms with Crippen molar-refractivity contribution in [2.24, 2.45) is 4.99 Å². The van der Waals surface area contributed by atoms with Crippen LogP contribution >= 0.6 is 0 Å². The van der Waals surface area contributed by atoms with Crippen molar-refractivity contribution in [1.82, 2.24) is 9.97 Å². The molecular formula is C10H14N4O2S. The van der Waals surface area contributed by atoms with Gasteiger partial charge in [0.15, 0.2) is 0 Å². The first-order valence-corrected chi connectivity index (χ1v) is 6.62. The van der Waals surface area contributed by atoms with Crippen LogP contribution in [0.4, 0.5) is 5.82 Å². The van der Waals surface area contributed by atoms with Gasteiger partial charge in [-0.3, -0.25) is 0 Å². The van der Waals surface area contributed by atoms with Crippen LogP contribution in [0.1, 0.15) is 11.3 Å². The van der Waals surface area contributed by atoms with E-state index in [1.165, 1.54) is 0 Å². The molecule has 0 saturated heterocycles. The van der Waals surface area contributed by atoms with Gasteiger partial charge >= 0.3 is 0 Å². The molecule has 1 rings (SSSR count). The summed E-state index contributed by atoms with van der Waals surface area (Å²) in [6.45, 7) is 10.4. The molecule has 0 fully saturated rings. The number of aromatic nitrogens is 2. The summed E-state index contributed by atoms with van der Waals surface area (Å²) >= 11 is 0. The predicted molar refractivity (Wildman–Crippen MR) is 66.9 cm³/mol. The Labute approximate surface area is 100 Å². The number of nitrogens with one attached hydrogen (secondary N) is 1. The molecule has 0 aliphatic carbocycles. The monoisotopic (exact) mass is 254 g/mol. The summed E-state index contributed by atoms with van der Waals surface area (Å²) in [6.07, 6.45) is 1.06. The predicted octanol–water partition coefficient (Wildman–Crippen LogP) is 1.08. The topological polar surface area (TPSA) is 84.3 Å². The van der Waals surface area contributed by atoms with Crippen LogP contribution < -0.4 is 5.32 Å². The molecule has 0 saturated carbocycles. The van der Waals surface area contributed by atoms with Crippen LogP contribution in [-0.4, -0.2) is 31.4 Å². The van der Waals surface area contributed by atoms with E-state index in [1.54, 1.807) is 13.8 Å². The molecule has 0 aliphatic rings. The summed E-state index contributed by atoms with van der Waals surface area (Å²) in [7, 11) is -3.45. The van der Waals surface area contributed by atoms with E-state index in [2.05, 4.69) is 33.6 Å². The van der Waals surface area contributed by atoms with E-state index in [4.69, 9.17) is 0 Å². The van der Waals surface area contributed by atoms with E-state index in [9.17, 15) is 8.42 Å². The number of aliphatic imine (C=N–C) groups is 1. The van der Waals surface area contributed by atoms with Crippen LogP contribution in [-0.2, 0) is 9.84 Å². The standard InChI is InChI=1S/C10H14N4O2S/c1-6-7(2)12-10(17(5,15)16)14-9(6)13-8(3)11-4/h3-4H2,1-2,5H3,(H,12,13,14). The van der Waals surface area contributed by atoms with Gasteiger partial charge in [-0.05, 0) is 20.6 Å². The van der Waals surface area contributed by atoms with Crippen LogP contribution in [0.3, 0.4) is 0 Å². The molecule has 1 aromatic heterocycles. The first-order chi connectivity index (χ1) is 7.75. The van der Waals surface area contributed by atoms with Crippen molar-refractivity contribution >= 4 is 22.4 Å². The third-order valence-corrected chi connectivity index (χ3v) is 3.00. The Morgan fingerprint density at radius 2 is 1.94 bits per heavy atom. The maximum Gasteiger partial charge on any atom is 0.248 e. The van der Waals surface area contributed by atoms with Crippen molar-refractivity contribution in [3.05, 3.63) is 23.7 Å². The highest BCUT2D eigenvalue weighted by atomic mass is 32.2. The largest absolute Gasteiger partial charge is 0.325 e. The van der Waals surface area contributed by atoms with E-state index in [0.29, 0.717) is 17.3 Å². The quantitative estimate of drug-likeness (QED) is 0.642. The minimum Gasteiger partial charge on any atom is -0.325 e. The minimum absolute atomic E-state index is 0.222. The van der Waals surface area contributed by atoms with E-state index in [0.717, 1.165) is 11.8 Å². The van der Waals surface area contributed by atoms with E-state index < -0.39 is 9.84 Å². The molecule has 0 aromatic carbocycles. The molecule has 92 valence electrons. The number of hydrogen-bond acceptors (Lipinski definition) is 6. The summed E-state index contributed by atoms with van der Waals surface area (Å²) in [4.78, 5) is 11.4. The summed E-state index contributed by atoms with van der Waals surface area (Å²) in [5, 5.41) is 2.55. The number of rotatable bonds is 4. The van der Waals surface area contributed by atoms with Gasteiger partial charge in [0.2, 0.25) is 15.0 Å². The second-order valence-electron chi connectivity index (χ2n) is 3.57. The fraction of sp³-hybridized carbons (Fsp3) is 0.300. The average Bonchev–Trinajstić information content (AvgIpc) is 2.22. The Morgan fingerprint density at radius 1 is 1.35 bits per heavy atom. The van der Waals surface area contributed by atoms with Gasteiger partial charge in [-0.25, -0.2) is 23.4 Å². The maximum absolute atomic E-state index is 11.4. The number of hydrogen-bond donors (Lipinski definition) is 1. The van der Waals surface area contributed by atoms with Crippen LogP contribution in [0.15, 0.2) is 22.5 Å². The third-order valence-electron chi connectivity index (χ3n) is 2.15. The van der Waals surface area contributed by atoms with Gasteiger partial charge in [0.05, 0.1) is 0 Å². The van der Waals surface area contributed by atoms with Crippen molar-refractivity contribution in [1.29, 1.82) is 0 Å². The Balaban J connectivity index is 3.35. The van der Waals surface area contributed by atoms with Gasteiger partial charge < -0.3 is 5.32 Å². The number of anilines is 1. The van der Waals surface area contributed by atoms with Crippen molar-refractivity contribution in [3.8, 4) is 0 Å². The lowest BCUT2D eigenvalue weighted by Crippen LogP contribution is -2.10. The van der Waals surface area contributed by atoms with Gasteiger partial charge in [0.1, 0.15) is 11.6 Å². The lowest BCUT2D eigenvalue weighted by Gasteiger charge is -2.10. The lowest BCUT2D eigenvalue weighted by molar-refractivity contribution is 0.592. The zero-order chi connectivity index (χ0) is 13.2. The Kier molecular flexibility index (Phi) is 3.62. The molecule has 1 heterocycles. The lowest BCUT2D eigenvalue weighted by atomic mass is 10.2.